The molecule has 0 saturated carbocycles. The van der Waals surface area contributed by atoms with E-state index in [0.717, 1.165) is 11.3 Å². The molecule has 0 aliphatic heterocycles. The van der Waals surface area contributed by atoms with Crippen LogP contribution in [0.2, 0.25) is 0 Å². The Bertz CT molecular complexity index is 936. The number of methoxy groups -OCH3 is 2. The van der Waals surface area contributed by atoms with Crippen molar-refractivity contribution in [2.24, 2.45) is 0 Å². The molecule has 0 bridgehead atoms. The van der Waals surface area contributed by atoms with Crippen molar-refractivity contribution in [3.8, 4) is 22.8 Å². The summed E-state index contributed by atoms with van der Waals surface area (Å²) in [7, 11) is 7.13. The molecule has 0 radical (unpaired) electrons. The van der Waals surface area contributed by atoms with Gasteiger partial charge < -0.3 is 14.4 Å². The Morgan fingerprint density at radius 1 is 1.07 bits per heavy atom. The number of amides is 1. The monoisotopic (exact) mass is 383 g/mol. The third-order valence-corrected chi connectivity index (χ3v) is 4.81. The summed E-state index contributed by atoms with van der Waals surface area (Å²) in [6, 6.07) is 12.9. The van der Waals surface area contributed by atoms with E-state index in [4.69, 9.17) is 9.47 Å². The predicted molar refractivity (Wildman–Crippen MR) is 109 cm³/mol. The van der Waals surface area contributed by atoms with Crippen LogP contribution in [0.5, 0.6) is 11.5 Å². The topological polar surface area (TPSA) is 63.7 Å². The second-order valence-corrected chi connectivity index (χ2v) is 6.86. The summed E-state index contributed by atoms with van der Waals surface area (Å²) in [6.07, 6.45) is 0. The van der Waals surface area contributed by atoms with Crippen LogP contribution in [0.3, 0.4) is 0 Å². The smallest absolute Gasteiger partial charge is 0.257 e. The molecular formula is C20H21N3O3S. The molecule has 140 valence electrons. The summed E-state index contributed by atoms with van der Waals surface area (Å²) in [6.45, 7) is 0. The molecule has 3 rings (SSSR count). The fourth-order valence-electron chi connectivity index (χ4n) is 2.55. The molecule has 0 saturated heterocycles. The van der Waals surface area contributed by atoms with Crippen LogP contribution >= 0.6 is 11.3 Å². The number of anilines is 2. The van der Waals surface area contributed by atoms with Crippen molar-refractivity contribution in [2.75, 3.05) is 38.5 Å². The van der Waals surface area contributed by atoms with Gasteiger partial charge in [-0.05, 0) is 42.5 Å². The number of hydrogen-bond acceptors (Lipinski definition) is 6. The van der Waals surface area contributed by atoms with E-state index in [0.29, 0.717) is 27.9 Å². The lowest BCUT2D eigenvalue weighted by Crippen LogP contribution is -2.13. The average Bonchev–Trinajstić information content (AvgIpc) is 3.15. The second kappa shape index (κ2) is 8.09. The number of hydrogen-bond donors (Lipinski definition) is 1. The van der Waals surface area contributed by atoms with Crippen LogP contribution in [0.1, 0.15) is 10.4 Å². The van der Waals surface area contributed by atoms with Crippen molar-refractivity contribution in [1.82, 2.24) is 4.98 Å². The molecule has 0 fully saturated rings. The summed E-state index contributed by atoms with van der Waals surface area (Å²) in [4.78, 5) is 19.0. The van der Waals surface area contributed by atoms with E-state index in [1.54, 1.807) is 26.4 Å². The lowest BCUT2D eigenvalue weighted by atomic mass is 10.1. The minimum Gasteiger partial charge on any atom is -0.497 e. The predicted octanol–water partition coefficient (Wildman–Crippen LogP) is 4.15. The zero-order valence-corrected chi connectivity index (χ0v) is 16.5. The molecule has 6 nitrogen and oxygen atoms in total. The minimum atomic E-state index is -0.196. The van der Waals surface area contributed by atoms with Gasteiger partial charge in [-0.25, -0.2) is 4.98 Å². The highest BCUT2D eigenvalue weighted by molar-refractivity contribution is 7.14. The molecule has 2 aromatic carbocycles. The van der Waals surface area contributed by atoms with Gasteiger partial charge in [0.2, 0.25) is 0 Å². The molecule has 0 atom stereocenters. The zero-order chi connectivity index (χ0) is 19.4. The van der Waals surface area contributed by atoms with Gasteiger partial charge in [-0.3, -0.25) is 10.1 Å². The van der Waals surface area contributed by atoms with Gasteiger partial charge in [-0.15, -0.1) is 11.3 Å². The van der Waals surface area contributed by atoms with Gasteiger partial charge in [0, 0.05) is 36.3 Å². The fourth-order valence-corrected chi connectivity index (χ4v) is 3.25. The van der Waals surface area contributed by atoms with Crippen molar-refractivity contribution >= 4 is 28.1 Å². The van der Waals surface area contributed by atoms with Crippen LogP contribution in [0.4, 0.5) is 10.8 Å². The lowest BCUT2D eigenvalue weighted by molar-refractivity contribution is 0.102. The second-order valence-electron chi connectivity index (χ2n) is 6.00. The number of aromatic nitrogens is 1. The molecule has 0 aliphatic rings. The number of benzene rings is 2. The van der Waals surface area contributed by atoms with Crippen molar-refractivity contribution in [3.63, 3.8) is 0 Å². The van der Waals surface area contributed by atoms with E-state index in [1.807, 2.05) is 54.7 Å². The Kier molecular flexibility index (Phi) is 5.61. The number of carbonyl (C=O) groups excluding carboxylic acids is 1. The molecule has 0 spiro atoms. The summed E-state index contributed by atoms with van der Waals surface area (Å²) in [5.41, 5.74) is 3.14. The molecular weight excluding hydrogens is 362 g/mol. The highest BCUT2D eigenvalue weighted by Crippen LogP contribution is 2.35. The quantitative estimate of drug-likeness (QED) is 0.693. The number of rotatable bonds is 6. The van der Waals surface area contributed by atoms with Crippen LogP contribution in [0, 0.1) is 0 Å². The molecule has 1 N–H and O–H groups in total. The number of nitrogens with zero attached hydrogens (tertiary/aromatic N) is 2. The van der Waals surface area contributed by atoms with Crippen molar-refractivity contribution < 1.29 is 14.3 Å². The van der Waals surface area contributed by atoms with E-state index >= 15 is 0 Å². The highest BCUT2D eigenvalue weighted by atomic mass is 32.1. The molecule has 7 heteroatoms. The maximum Gasteiger partial charge on any atom is 0.257 e. The van der Waals surface area contributed by atoms with Gasteiger partial charge in [0.05, 0.1) is 19.9 Å². The first-order valence-corrected chi connectivity index (χ1v) is 9.16. The van der Waals surface area contributed by atoms with Crippen molar-refractivity contribution in [1.29, 1.82) is 0 Å². The summed E-state index contributed by atoms with van der Waals surface area (Å²) >= 11 is 1.36. The van der Waals surface area contributed by atoms with Crippen LogP contribution < -0.4 is 19.7 Å². The number of thiazole rings is 1. The van der Waals surface area contributed by atoms with E-state index in [2.05, 4.69) is 10.3 Å². The Hall–Kier alpha value is -3.06. The van der Waals surface area contributed by atoms with Gasteiger partial charge in [0.25, 0.3) is 5.91 Å². The summed E-state index contributed by atoms with van der Waals surface area (Å²) < 4.78 is 10.7. The molecule has 1 aromatic heterocycles. The normalized spacial score (nSPS) is 10.4. The summed E-state index contributed by atoms with van der Waals surface area (Å²) in [5, 5.41) is 5.25. The third kappa shape index (κ3) is 4.20. The van der Waals surface area contributed by atoms with E-state index < -0.39 is 0 Å². The van der Waals surface area contributed by atoms with Crippen LogP contribution in [0.25, 0.3) is 11.3 Å². The third-order valence-electron chi connectivity index (χ3n) is 4.05. The fraction of sp³-hybridized carbons (Fsp3) is 0.200. The van der Waals surface area contributed by atoms with E-state index in [-0.39, 0.29) is 5.91 Å². The van der Waals surface area contributed by atoms with Gasteiger partial charge in [-0.2, -0.15) is 0 Å². The SMILES string of the molecule is COc1ccc(OC)c(-c2csc(NC(=O)c3ccc(N(C)C)cc3)n2)c1. The first-order chi connectivity index (χ1) is 13.0. The highest BCUT2D eigenvalue weighted by Gasteiger charge is 2.14. The summed E-state index contributed by atoms with van der Waals surface area (Å²) in [5.74, 6) is 1.21. The molecule has 0 unspecified atom stereocenters. The Labute approximate surface area is 162 Å². The number of ether oxygens (including phenoxy) is 2. The lowest BCUT2D eigenvalue weighted by Gasteiger charge is -2.12. The van der Waals surface area contributed by atoms with Crippen LogP contribution in [-0.2, 0) is 0 Å². The first-order valence-electron chi connectivity index (χ1n) is 8.28. The van der Waals surface area contributed by atoms with Gasteiger partial charge in [0.1, 0.15) is 11.5 Å². The maximum absolute atomic E-state index is 12.5. The van der Waals surface area contributed by atoms with Crippen LogP contribution in [0.15, 0.2) is 47.8 Å². The Morgan fingerprint density at radius 2 is 1.81 bits per heavy atom. The van der Waals surface area contributed by atoms with Crippen molar-refractivity contribution in [2.45, 2.75) is 0 Å². The number of nitrogens with one attached hydrogen (secondary N) is 1. The largest absolute Gasteiger partial charge is 0.497 e. The van der Waals surface area contributed by atoms with Gasteiger partial charge >= 0.3 is 0 Å². The molecule has 1 heterocycles. The molecule has 1 amide bonds. The molecule has 27 heavy (non-hydrogen) atoms. The Balaban J connectivity index is 1.79. The van der Waals surface area contributed by atoms with Gasteiger partial charge in [-0.1, -0.05) is 0 Å². The van der Waals surface area contributed by atoms with E-state index in [9.17, 15) is 4.79 Å². The van der Waals surface area contributed by atoms with Gasteiger partial charge in [0.15, 0.2) is 5.13 Å². The molecule has 0 aliphatic carbocycles. The zero-order valence-electron chi connectivity index (χ0n) is 15.6. The van der Waals surface area contributed by atoms with Crippen molar-refractivity contribution in [3.05, 3.63) is 53.4 Å². The molecule has 3 aromatic rings. The minimum absolute atomic E-state index is 0.196. The maximum atomic E-state index is 12.5. The Morgan fingerprint density at radius 3 is 2.44 bits per heavy atom. The standard InChI is InChI=1S/C20H21N3O3S/c1-23(2)14-7-5-13(6-8-14)19(24)22-20-21-17(12-27-20)16-11-15(25-3)9-10-18(16)26-4/h5-12H,1-4H3,(H,21,22,24). The first kappa shape index (κ1) is 18.7. The van der Waals surface area contributed by atoms with E-state index in [1.165, 1.54) is 11.3 Å². The average molecular weight is 383 g/mol. The van der Waals surface area contributed by atoms with Crippen LogP contribution in [-0.4, -0.2) is 39.2 Å². The number of carbonyl (C=O) groups is 1.